The molecular weight excluding hydrogens is 248 g/mol. The second-order valence-electron chi connectivity index (χ2n) is 4.42. The van der Waals surface area contributed by atoms with Crippen LogP contribution in [-0.4, -0.2) is 46.7 Å². The second-order valence-corrected chi connectivity index (χ2v) is 6.12. The van der Waals surface area contributed by atoms with E-state index >= 15 is 0 Å². The van der Waals surface area contributed by atoms with Crippen LogP contribution in [0.5, 0.6) is 0 Å². The molecule has 1 heterocycles. The number of amides is 1. The van der Waals surface area contributed by atoms with E-state index < -0.39 is 10.8 Å². The summed E-state index contributed by atoms with van der Waals surface area (Å²) in [6.45, 7) is 3.13. The first-order valence-electron chi connectivity index (χ1n) is 6.04. The fourth-order valence-corrected chi connectivity index (χ4v) is 3.12. The van der Waals surface area contributed by atoms with Gasteiger partial charge in [0.15, 0.2) is 0 Å². The smallest absolute Gasteiger partial charge is 0.254 e. The van der Waals surface area contributed by atoms with Gasteiger partial charge in [-0.05, 0) is 30.7 Å². The zero-order chi connectivity index (χ0) is 13.1. The molecule has 1 aliphatic rings. The summed E-state index contributed by atoms with van der Waals surface area (Å²) >= 11 is 0. The maximum absolute atomic E-state index is 12.3. The largest absolute Gasteiger partial charge is 0.388 e. The van der Waals surface area contributed by atoms with Crippen molar-refractivity contribution in [3.63, 3.8) is 0 Å². The molecule has 0 atom stereocenters. The molecule has 18 heavy (non-hydrogen) atoms. The number of aryl methyl sites for hydroxylation is 1. The molecule has 0 unspecified atom stereocenters. The summed E-state index contributed by atoms with van der Waals surface area (Å²) in [4.78, 5) is 14.1. The zero-order valence-electron chi connectivity index (χ0n) is 10.7. The summed E-state index contributed by atoms with van der Waals surface area (Å²) in [5, 5.41) is 3.05. The molecule has 0 aliphatic carbocycles. The van der Waals surface area contributed by atoms with E-state index in [0.717, 1.165) is 16.8 Å². The fourth-order valence-electron chi connectivity index (χ4n) is 2.07. The molecule has 1 aliphatic heterocycles. The Kier molecular flexibility index (Phi) is 4.01. The Hall–Kier alpha value is -1.36. The van der Waals surface area contributed by atoms with Gasteiger partial charge >= 0.3 is 0 Å². The van der Waals surface area contributed by atoms with Gasteiger partial charge in [-0.1, -0.05) is 0 Å². The molecule has 1 fully saturated rings. The zero-order valence-corrected chi connectivity index (χ0v) is 11.5. The van der Waals surface area contributed by atoms with E-state index in [0.29, 0.717) is 24.6 Å². The lowest BCUT2D eigenvalue weighted by Gasteiger charge is -2.27. The molecule has 1 aromatic rings. The van der Waals surface area contributed by atoms with Crippen LogP contribution >= 0.6 is 0 Å². The van der Waals surface area contributed by atoms with Crippen molar-refractivity contribution in [2.24, 2.45) is 0 Å². The van der Waals surface area contributed by atoms with E-state index in [1.54, 1.807) is 4.90 Å². The summed E-state index contributed by atoms with van der Waals surface area (Å²) in [6.07, 6.45) is 0. The minimum Gasteiger partial charge on any atom is -0.388 e. The van der Waals surface area contributed by atoms with E-state index in [1.807, 2.05) is 32.2 Å². The molecule has 1 amide bonds. The standard InChI is InChI=1S/C13H18N2O2S/c1-10-9-11(14-2)3-4-12(10)13(16)15-5-7-18(17)8-6-15/h3-4,9,14H,5-8H2,1-2H3. The first kappa shape index (κ1) is 13.1. The Bertz CT molecular complexity index is 478. The Balaban J connectivity index is 2.16. The number of hydrogen-bond acceptors (Lipinski definition) is 3. The van der Waals surface area contributed by atoms with Gasteiger partial charge in [-0.3, -0.25) is 9.00 Å². The maximum atomic E-state index is 12.3. The van der Waals surface area contributed by atoms with Gasteiger partial charge in [0.1, 0.15) is 0 Å². The van der Waals surface area contributed by atoms with Gasteiger partial charge in [0.05, 0.1) is 0 Å². The van der Waals surface area contributed by atoms with E-state index in [-0.39, 0.29) is 5.91 Å². The highest BCUT2D eigenvalue weighted by molar-refractivity contribution is 7.85. The number of carbonyl (C=O) groups excluding carboxylic acids is 1. The van der Waals surface area contributed by atoms with E-state index in [1.165, 1.54) is 0 Å². The third-order valence-corrected chi connectivity index (χ3v) is 4.49. The van der Waals surface area contributed by atoms with Crippen LogP contribution in [-0.2, 0) is 10.8 Å². The quantitative estimate of drug-likeness (QED) is 0.876. The predicted octanol–water partition coefficient (Wildman–Crippen LogP) is 1.24. The highest BCUT2D eigenvalue weighted by Crippen LogP contribution is 2.17. The number of anilines is 1. The molecule has 2 rings (SSSR count). The van der Waals surface area contributed by atoms with E-state index in [2.05, 4.69) is 5.32 Å². The van der Waals surface area contributed by atoms with E-state index in [9.17, 15) is 9.00 Å². The van der Waals surface area contributed by atoms with Crippen LogP contribution in [0.3, 0.4) is 0 Å². The minimum absolute atomic E-state index is 0.0480. The van der Waals surface area contributed by atoms with Gasteiger partial charge in [-0.25, -0.2) is 0 Å². The summed E-state index contributed by atoms with van der Waals surface area (Å²) in [5.41, 5.74) is 2.71. The van der Waals surface area contributed by atoms with Crippen molar-refractivity contribution in [1.29, 1.82) is 0 Å². The van der Waals surface area contributed by atoms with Gasteiger partial charge in [-0.2, -0.15) is 0 Å². The lowest BCUT2D eigenvalue weighted by atomic mass is 10.1. The second kappa shape index (κ2) is 5.52. The molecule has 1 aromatic carbocycles. The lowest BCUT2D eigenvalue weighted by molar-refractivity contribution is 0.0770. The highest BCUT2D eigenvalue weighted by Gasteiger charge is 2.22. The van der Waals surface area contributed by atoms with Crippen molar-refractivity contribution in [2.45, 2.75) is 6.92 Å². The molecule has 98 valence electrons. The molecule has 4 nitrogen and oxygen atoms in total. The summed E-state index contributed by atoms with van der Waals surface area (Å²) in [6, 6.07) is 5.73. The topological polar surface area (TPSA) is 49.4 Å². The van der Waals surface area contributed by atoms with Crippen molar-refractivity contribution >= 4 is 22.4 Å². The number of nitrogens with zero attached hydrogens (tertiary/aromatic N) is 1. The molecule has 0 saturated carbocycles. The molecule has 0 radical (unpaired) electrons. The predicted molar refractivity (Wildman–Crippen MR) is 74.5 cm³/mol. The molecule has 0 aromatic heterocycles. The fraction of sp³-hybridized carbons (Fsp3) is 0.462. The van der Waals surface area contributed by atoms with Crippen molar-refractivity contribution < 1.29 is 9.00 Å². The van der Waals surface area contributed by atoms with Crippen molar-refractivity contribution in [3.05, 3.63) is 29.3 Å². The molecular formula is C13H18N2O2S. The molecule has 0 spiro atoms. The van der Waals surface area contributed by atoms with Crippen LogP contribution < -0.4 is 5.32 Å². The third kappa shape index (κ3) is 2.72. The highest BCUT2D eigenvalue weighted by atomic mass is 32.2. The first-order chi connectivity index (χ1) is 8.61. The number of nitrogens with one attached hydrogen (secondary N) is 1. The lowest BCUT2D eigenvalue weighted by Crippen LogP contribution is -2.42. The summed E-state index contributed by atoms with van der Waals surface area (Å²) in [7, 11) is 1.11. The van der Waals surface area contributed by atoms with Crippen molar-refractivity contribution in [2.75, 3.05) is 37.0 Å². The SMILES string of the molecule is CNc1ccc(C(=O)N2CCS(=O)CC2)c(C)c1. The van der Waals surface area contributed by atoms with Gasteiger partial charge < -0.3 is 10.2 Å². The summed E-state index contributed by atoms with van der Waals surface area (Å²) < 4.78 is 11.3. The number of hydrogen-bond donors (Lipinski definition) is 1. The monoisotopic (exact) mass is 266 g/mol. The molecule has 0 bridgehead atoms. The van der Waals surface area contributed by atoms with Crippen LogP contribution in [0.15, 0.2) is 18.2 Å². The van der Waals surface area contributed by atoms with Crippen LogP contribution in [0.2, 0.25) is 0 Å². The van der Waals surface area contributed by atoms with Crippen LogP contribution in [0.25, 0.3) is 0 Å². The van der Waals surface area contributed by atoms with Crippen molar-refractivity contribution in [3.8, 4) is 0 Å². The number of rotatable bonds is 2. The molecule has 5 heteroatoms. The van der Waals surface area contributed by atoms with Gasteiger partial charge in [0.25, 0.3) is 5.91 Å². The van der Waals surface area contributed by atoms with Gasteiger partial charge in [-0.15, -0.1) is 0 Å². The summed E-state index contributed by atoms with van der Waals surface area (Å²) in [5.74, 6) is 1.24. The van der Waals surface area contributed by atoms with Gasteiger partial charge in [0.2, 0.25) is 0 Å². The average Bonchev–Trinajstić information content (AvgIpc) is 2.38. The Morgan fingerprint density at radius 1 is 1.33 bits per heavy atom. The van der Waals surface area contributed by atoms with Crippen LogP contribution in [0, 0.1) is 6.92 Å². The Labute approximate surface area is 110 Å². The third-order valence-electron chi connectivity index (χ3n) is 3.21. The van der Waals surface area contributed by atoms with Crippen molar-refractivity contribution in [1.82, 2.24) is 4.90 Å². The minimum atomic E-state index is -0.748. The Morgan fingerprint density at radius 3 is 2.56 bits per heavy atom. The van der Waals surface area contributed by atoms with Crippen LogP contribution in [0.4, 0.5) is 5.69 Å². The number of carbonyl (C=O) groups is 1. The normalized spacial score (nSPS) is 16.7. The molecule has 1 saturated heterocycles. The molecule has 1 N–H and O–H groups in total. The average molecular weight is 266 g/mol. The van der Waals surface area contributed by atoms with E-state index in [4.69, 9.17) is 0 Å². The maximum Gasteiger partial charge on any atom is 0.254 e. The van der Waals surface area contributed by atoms with Gasteiger partial charge in [0, 0.05) is 53.7 Å². The first-order valence-corrected chi connectivity index (χ1v) is 7.53. The Morgan fingerprint density at radius 2 is 2.00 bits per heavy atom. The van der Waals surface area contributed by atoms with Crippen LogP contribution in [0.1, 0.15) is 15.9 Å². The number of benzene rings is 1.